The molecule has 168 valence electrons. The Bertz CT molecular complexity index is 1050. The minimum Gasteiger partial charge on any atom is -0.454 e. The molecule has 1 fully saturated rings. The first-order valence-electron chi connectivity index (χ1n) is 11.3. The van der Waals surface area contributed by atoms with Gasteiger partial charge in [0.15, 0.2) is 11.5 Å². The summed E-state index contributed by atoms with van der Waals surface area (Å²) < 4.78 is 10.9. The van der Waals surface area contributed by atoms with Crippen molar-refractivity contribution in [3.05, 3.63) is 39.8 Å². The largest absolute Gasteiger partial charge is 0.454 e. The highest BCUT2D eigenvalue weighted by Crippen LogP contribution is 2.39. The Morgan fingerprint density at radius 1 is 1.22 bits per heavy atom. The molecule has 3 aliphatic rings. The monoisotopic (exact) mass is 452 g/mol. The highest BCUT2D eigenvalue weighted by atomic mass is 32.1. The highest BCUT2D eigenvalue weighted by molar-refractivity contribution is 7.16. The van der Waals surface area contributed by atoms with Gasteiger partial charge in [0.25, 0.3) is 0 Å². The van der Waals surface area contributed by atoms with Crippen molar-refractivity contribution in [3.63, 3.8) is 0 Å². The van der Waals surface area contributed by atoms with Crippen LogP contribution in [0.25, 0.3) is 0 Å². The molecule has 1 N–H and O–H groups in total. The standard InChI is InChI=1S/C24H28N4O3S/c1-16-2-4-18-19(12-25)24(32-22(18)10-16)26-23(29)14-28-8-6-27(7-9-28)13-17-3-5-20-21(11-17)31-15-30-20/h3,5,11,16H,2,4,6-10,13-15H2,1H3,(H,26,29). The van der Waals surface area contributed by atoms with Crippen molar-refractivity contribution >= 4 is 22.2 Å². The molecule has 8 heteroatoms. The fourth-order valence-corrected chi connectivity index (χ4v) is 6.11. The molecule has 1 amide bonds. The van der Waals surface area contributed by atoms with E-state index in [0.717, 1.165) is 74.0 Å². The molecule has 5 rings (SSSR count). The summed E-state index contributed by atoms with van der Waals surface area (Å²) in [5, 5.41) is 13.4. The van der Waals surface area contributed by atoms with Gasteiger partial charge in [0.05, 0.1) is 12.1 Å². The predicted molar refractivity (Wildman–Crippen MR) is 123 cm³/mol. The molecular weight excluding hydrogens is 424 g/mol. The molecule has 7 nitrogen and oxygen atoms in total. The number of carbonyl (C=O) groups excluding carboxylic acids is 1. The number of nitrogens with one attached hydrogen (secondary N) is 1. The number of fused-ring (bicyclic) bond motifs is 2. The van der Waals surface area contributed by atoms with Crippen LogP contribution < -0.4 is 14.8 Å². The molecule has 3 heterocycles. The Morgan fingerprint density at radius 2 is 2.00 bits per heavy atom. The number of nitriles is 1. The topological polar surface area (TPSA) is 77.8 Å². The fraction of sp³-hybridized carbons (Fsp3) is 0.500. The number of hydrogen-bond donors (Lipinski definition) is 1. The zero-order valence-corrected chi connectivity index (χ0v) is 19.2. The number of ether oxygens (including phenoxy) is 2. The summed E-state index contributed by atoms with van der Waals surface area (Å²) in [4.78, 5) is 18.6. The minimum absolute atomic E-state index is 0.0302. The van der Waals surface area contributed by atoms with Crippen molar-refractivity contribution in [2.45, 2.75) is 32.7 Å². The third kappa shape index (κ3) is 4.46. The molecule has 0 spiro atoms. The van der Waals surface area contributed by atoms with E-state index in [1.807, 2.05) is 6.07 Å². The lowest BCUT2D eigenvalue weighted by Crippen LogP contribution is -2.48. The molecule has 0 saturated carbocycles. The zero-order valence-electron chi connectivity index (χ0n) is 18.4. The van der Waals surface area contributed by atoms with Gasteiger partial charge in [-0.2, -0.15) is 5.26 Å². The summed E-state index contributed by atoms with van der Waals surface area (Å²) >= 11 is 1.59. The van der Waals surface area contributed by atoms with Crippen LogP contribution in [-0.2, 0) is 24.2 Å². The van der Waals surface area contributed by atoms with Crippen LogP contribution in [0.2, 0.25) is 0 Å². The predicted octanol–water partition coefficient (Wildman–Crippen LogP) is 3.23. The molecule has 1 aromatic carbocycles. The number of rotatable bonds is 5. The van der Waals surface area contributed by atoms with Crippen LogP contribution in [0.3, 0.4) is 0 Å². The number of amides is 1. The molecule has 32 heavy (non-hydrogen) atoms. The number of benzene rings is 1. The van der Waals surface area contributed by atoms with Crippen LogP contribution in [0.15, 0.2) is 18.2 Å². The van der Waals surface area contributed by atoms with Gasteiger partial charge in [0.2, 0.25) is 12.7 Å². The van der Waals surface area contributed by atoms with Gasteiger partial charge < -0.3 is 14.8 Å². The van der Waals surface area contributed by atoms with E-state index in [-0.39, 0.29) is 5.91 Å². The van der Waals surface area contributed by atoms with Crippen molar-refractivity contribution < 1.29 is 14.3 Å². The fourth-order valence-electron chi connectivity index (χ4n) is 4.73. The number of nitrogens with zero attached hydrogens (tertiary/aromatic N) is 3. The van der Waals surface area contributed by atoms with Gasteiger partial charge in [0.1, 0.15) is 11.1 Å². The van der Waals surface area contributed by atoms with Gasteiger partial charge >= 0.3 is 0 Å². The minimum atomic E-state index is -0.0302. The van der Waals surface area contributed by atoms with Gasteiger partial charge in [-0.15, -0.1) is 11.3 Å². The van der Waals surface area contributed by atoms with Gasteiger partial charge in [0, 0.05) is 37.6 Å². The lowest BCUT2D eigenvalue weighted by molar-refractivity contribution is -0.117. The molecule has 0 radical (unpaired) electrons. The molecule has 2 aromatic rings. The molecule has 1 unspecified atom stereocenters. The summed E-state index contributed by atoms with van der Waals surface area (Å²) in [6.07, 6.45) is 3.06. The third-order valence-corrected chi connectivity index (χ3v) is 7.72. The van der Waals surface area contributed by atoms with E-state index in [1.54, 1.807) is 11.3 Å². The van der Waals surface area contributed by atoms with Gasteiger partial charge in [-0.05, 0) is 48.4 Å². The number of hydrogen-bond acceptors (Lipinski definition) is 7. The van der Waals surface area contributed by atoms with E-state index in [4.69, 9.17) is 9.47 Å². The second kappa shape index (κ2) is 9.10. The van der Waals surface area contributed by atoms with E-state index >= 15 is 0 Å². The quantitative estimate of drug-likeness (QED) is 0.751. The van der Waals surface area contributed by atoms with Crippen molar-refractivity contribution in [3.8, 4) is 17.6 Å². The van der Waals surface area contributed by atoms with Crippen LogP contribution in [-0.4, -0.2) is 55.2 Å². The SMILES string of the molecule is CC1CCc2c(sc(NC(=O)CN3CCN(Cc4ccc5c(c4)OCO5)CC3)c2C#N)C1. The maximum Gasteiger partial charge on any atom is 0.239 e. The number of piperazine rings is 1. The first-order chi connectivity index (χ1) is 15.6. The lowest BCUT2D eigenvalue weighted by atomic mass is 9.89. The summed E-state index contributed by atoms with van der Waals surface area (Å²) in [5.74, 6) is 2.24. The van der Waals surface area contributed by atoms with E-state index in [2.05, 4.69) is 40.2 Å². The van der Waals surface area contributed by atoms with Gasteiger partial charge in [-0.25, -0.2) is 0 Å². The molecular formula is C24H28N4O3S. The first-order valence-corrected chi connectivity index (χ1v) is 12.1. The Labute approximate surface area is 192 Å². The molecule has 2 aliphatic heterocycles. The maximum absolute atomic E-state index is 12.7. The number of thiophene rings is 1. The van der Waals surface area contributed by atoms with Gasteiger partial charge in [-0.1, -0.05) is 13.0 Å². The molecule has 0 bridgehead atoms. The van der Waals surface area contributed by atoms with Crippen LogP contribution in [0.1, 0.15) is 34.9 Å². The van der Waals surface area contributed by atoms with Crippen molar-refractivity contribution in [2.24, 2.45) is 5.92 Å². The zero-order chi connectivity index (χ0) is 22.1. The average molecular weight is 453 g/mol. The number of carbonyl (C=O) groups is 1. The van der Waals surface area contributed by atoms with E-state index < -0.39 is 0 Å². The van der Waals surface area contributed by atoms with Crippen molar-refractivity contribution in [2.75, 3.05) is 44.8 Å². The Morgan fingerprint density at radius 3 is 2.81 bits per heavy atom. The Balaban J connectivity index is 1.12. The summed E-state index contributed by atoms with van der Waals surface area (Å²) in [6, 6.07) is 8.44. The van der Waals surface area contributed by atoms with Crippen LogP contribution in [0.4, 0.5) is 5.00 Å². The lowest BCUT2D eigenvalue weighted by Gasteiger charge is -2.34. The second-order valence-electron chi connectivity index (χ2n) is 8.96. The summed E-state index contributed by atoms with van der Waals surface area (Å²) in [5.41, 5.74) is 3.04. The van der Waals surface area contributed by atoms with Crippen LogP contribution >= 0.6 is 11.3 Å². The molecule has 1 aromatic heterocycles. The first kappa shape index (κ1) is 21.3. The van der Waals surface area contributed by atoms with E-state index in [0.29, 0.717) is 24.8 Å². The summed E-state index contributed by atoms with van der Waals surface area (Å²) in [7, 11) is 0. The molecule has 1 aliphatic carbocycles. The smallest absolute Gasteiger partial charge is 0.239 e. The van der Waals surface area contributed by atoms with Gasteiger partial charge in [-0.3, -0.25) is 14.6 Å². The molecule has 1 atom stereocenters. The number of anilines is 1. The van der Waals surface area contributed by atoms with Crippen LogP contribution in [0.5, 0.6) is 11.5 Å². The van der Waals surface area contributed by atoms with E-state index in [1.165, 1.54) is 10.4 Å². The van der Waals surface area contributed by atoms with E-state index in [9.17, 15) is 10.1 Å². The van der Waals surface area contributed by atoms with Crippen molar-refractivity contribution in [1.29, 1.82) is 5.26 Å². The third-order valence-electron chi connectivity index (χ3n) is 6.55. The second-order valence-corrected chi connectivity index (χ2v) is 10.1. The summed E-state index contributed by atoms with van der Waals surface area (Å²) in [6.45, 7) is 7.29. The Hall–Kier alpha value is -2.60. The molecule has 1 saturated heterocycles. The Kier molecular flexibility index (Phi) is 6.05. The average Bonchev–Trinajstić information content (AvgIpc) is 3.38. The normalized spacial score (nSPS) is 20.6. The highest BCUT2D eigenvalue weighted by Gasteiger charge is 2.26. The van der Waals surface area contributed by atoms with Crippen LogP contribution in [0, 0.1) is 17.2 Å². The van der Waals surface area contributed by atoms with Crippen molar-refractivity contribution in [1.82, 2.24) is 9.80 Å². The maximum atomic E-state index is 12.7.